The topological polar surface area (TPSA) is 66.5 Å². The number of nitrogens with zero attached hydrogens (tertiary/aromatic N) is 2. The van der Waals surface area contributed by atoms with Crippen molar-refractivity contribution in [1.82, 2.24) is 15.6 Å². The Hall–Kier alpha value is -3.22. The second kappa shape index (κ2) is 10.9. The average Bonchev–Trinajstić information content (AvgIpc) is 2.85. The van der Waals surface area contributed by atoms with Crippen molar-refractivity contribution >= 4 is 11.7 Å². The van der Waals surface area contributed by atoms with E-state index in [9.17, 15) is 4.79 Å². The lowest BCUT2D eigenvalue weighted by molar-refractivity contribution is 0.0896. The summed E-state index contributed by atoms with van der Waals surface area (Å²) >= 11 is 0. The number of ether oxygens (including phenoxy) is 1. The molecule has 32 heavy (non-hydrogen) atoms. The molecule has 0 radical (unpaired) electrons. The Balaban J connectivity index is 1.38. The molecule has 3 aromatic rings. The number of carbonyl (C=O) groups is 1. The van der Waals surface area contributed by atoms with Crippen LogP contribution in [0.4, 0.5) is 5.82 Å². The second-order valence-corrected chi connectivity index (χ2v) is 8.08. The fraction of sp³-hybridized carbons (Fsp3) is 0.308. The van der Waals surface area contributed by atoms with Crippen LogP contribution in [-0.2, 0) is 11.2 Å². The van der Waals surface area contributed by atoms with Gasteiger partial charge in [0.05, 0.1) is 18.2 Å². The van der Waals surface area contributed by atoms with Gasteiger partial charge in [-0.3, -0.25) is 4.79 Å². The standard InChI is InChI=1S/C26H30N4O2/c1-32-19-23(16-20-8-4-2-5-9-20)29-26(31)22-12-13-25(28-17-22)30-15-14-27-24(18-30)21-10-6-3-7-11-21/h2-13,17,23-24,27H,14-16,18-19H2,1H3,(H,29,31)/t23-,24?/m0/s1. The Kier molecular flexibility index (Phi) is 7.48. The van der Waals surface area contributed by atoms with Gasteiger partial charge in [-0.1, -0.05) is 60.7 Å². The Morgan fingerprint density at radius 3 is 2.56 bits per heavy atom. The van der Waals surface area contributed by atoms with Gasteiger partial charge >= 0.3 is 0 Å². The first-order valence-electron chi connectivity index (χ1n) is 11.1. The smallest absolute Gasteiger partial charge is 0.253 e. The molecule has 4 rings (SSSR count). The van der Waals surface area contributed by atoms with Gasteiger partial charge in [0.1, 0.15) is 5.82 Å². The van der Waals surface area contributed by atoms with Crippen LogP contribution in [0.2, 0.25) is 0 Å². The van der Waals surface area contributed by atoms with Crippen molar-refractivity contribution in [2.24, 2.45) is 0 Å². The van der Waals surface area contributed by atoms with E-state index in [4.69, 9.17) is 4.74 Å². The fourth-order valence-electron chi connectivity index (χ4n) is 4.09. The molecule has 1 aromatic heterocycles. The number of methoxy groups -OCH3 is 1. The van der Waals surface area contributed by atoms with E-state index in [1.165, 1.54) is 5.56 Å². The largest absolute Gasteiger partial charge is 0.383 e. The third-order valence-corrected chi connectivity index (χ3v) is 5.74. The van der Waals surface area contributed by atoms with Crippen molar-refractivity contribution in [2.75, 3.05) is 38.3 Å². The van der Waals surface area contributed by atoms with Crippen molar-refractivity contribution in [2.45, 2.75) is 18.5 Å². The van der Waals surface area contributed by atoms with Crippen LogP contribution >= 0.6 is 0 Å². The summed E-state index contributed by atoms with van der Waals surface area (Å²) in [6.45, 7) is 3.07. The van der Waals surface area contributed by atoms with Crippen LogP contribution in [0.15, 0.2) is 79.0 Å². The van der Waals surface area contributed by atoms with Gasteiger partial charge in [0.25, 0.3) is 5.91 Å². The molecule has 1 aliphatic heterocycles. The van der Waals surface area contributed by atoms with E-state index in [-0.39, 0.29) is 18.0 Å². The van der Waals surface area contributed by atoms with Crippen LogP contribution in [0.3, 0.4) is 0 Å². The number of hydrogen-bond donors (Lipinski definition) is 2. The lowest BCUT2D eigenvalue weighted by atomic mass is 10.0. The van der Waals surface area contributed by atoms with Gasteiger partial charge in [0.2, 0.25) is 0 Å². The number of anilines is 1. The van der Waals surface area contributed by atoms with Gasteiger partial charge in [-0.15, -0.1) is 0 Å². The number of hydrogen-bond acceptors (Lipinski definition) is 5. The number of rotatable bonds is 8. The third-order valence-electron chi connectivity index (χ3n) is 5.74. The second-order valence-electron chi connectivity index (χ2n) is 8.08. The van der Waals surface area contributed by atoms with E-state index in [0.29, 0.717) is 18.6 Å². The Morgan fingerprint density at radius 2 is 1.88 bits per heavy atom. The molecular formula is C26H30N4O2. The zero-order valence-electron chi connectivity index (χ0n) is 18.4. The van der Waals surface area contributed by atoms with Crippen molar-refractivity contribution in [3.63, 3.8) is 0 Å². The average molecular weight is 431 g/mol. The molecule has 2 heterocycles. The van der Waals surface area contributed by atoms with Crippen molar-refractivity contribution in [3.8, 4) is 0 Å². The number of amides is 1. The van der Waals surface area contributed by atoms with Crippen LogP contribution in [0.5, 0.6) is 0 Å². The van der Waals surface area contributed by atoms with Crippen LogP contribution in [0.1, 0.15) is 27.5 Å². The number of nitrogens with one attached hydrogen (secondary N) is 2. The van der Waals surface area contributed by atoms with Gasteiger partial charge < -0.3 is 20.3 Å². The number of aromatic nitrogens is 1. The molecule has 1 unspecified atom stereocenters. The summed E-state index contributed by atoms with van der Waals surface area (Å²) in [5, 5.41) is 6.66. The molecule has 0 spiro atoms. The maximum absolute atomic E-state index is 12.8. The minimum atomic E-state index is -0.135. The molecule has 1 fully saturated rings. The molecule has 1 aliphatic rings. The highest BCUT2D eigenvalue weighted by molar-refractivity contribution is 5.94. The molecule has 2 N–H and O–H groups in total. The Labute approximate surface area is 189 Å². The summed E-state index contributed by atoms with van der Waals surface area (Å²) in [4.78, 5) is 19.7. The van der Waals surface area contributed by atoms with Gasteiger partial charge in [-0.05, 0) is 29.7 Å². The number of benzene rings is 2. The molecule has 6 heteroatoms. The minimum Gasteiger partial charge on any atom is -0.383 e. The highest BCUT2D eigenvalue weighted by Gasteiger charge is 2.22. The van der Waals surface area contributed by atoms with Crippen molar-refractivity contribution in [1.29, 1.82) is 0 Å². The first-order chi connectivity index (χ1) is 15.7. The minimum absolute atomic E-state index is 0.102. The number of pyridine rings is 1. The predicted molar refractivity (Wildman–Crippen MR) is 127 cm³/mol. The molecule has 0 aliphatic carbocycles. The van der Waals surface area contributed by atoms with E-state index in [0.717, 1.165) is 31.0 Å². The quantitative estimate of drug-likeness (QED) is 0.574. The van der Waals surface area contributed by atoms with Gasteiger partial charge in [-0.25, -0.2) is 4.98 Å². The van der Waals surface area contributed by atoms with E-state index < -0.39 is 0 Å². The lowest BCUT2D eigenvalue weighted by Crippen LogP contribution is -2.46. The summed E-state index contributed by atoms with van der Waals surface area (Å²) in [7, 11) is 1.65. The highest BCUT2D eigenvalue weighted by atomic mass is 16.5. The fourth-order valence-corrected chi connectivity index (χ4v) is 4.09. The Bertz CT molecular complexity index is 980. The van der Waals surface area contributed by atoms with Gasteiger partial charge in [0.15, 0.2) is 0 Å². The first-order valence-corrected chi connectivity index (χ1v) is 11.1. The first kappa shape index (κ1) is 22.0. The molecule has 6 nitrogen and oxygen atoms in total. The molecule has 166 valence electrons. The Morgan fingerprint density at radius 1 is 1.12 bits per heavy atom. The zero-order valence-corrected chi connectivity index (χ0v) is 18.4. The highest BCUT2D eigenvalue weighted by Crippen LogP contribution is 2.21. The summed E-state index contributed by atoms with van der Waals surface area (Å²) in [5.41, 5.74) is 2.99. The molecule has 1 amide bonds. The summed E-state index contributed by atoms with van der Waals surface area (Å²) in [6, 6.07) is 24.5. The summed E-state index contributed by atoms with van der Waals surface area (Å²) < 4.78 is 5.31. The normalized spacial score (nSPS) is 17.0. The molecule has 0 saturated carbocycles. The zero-order chi connectivity index (χ0) is 22.2. The molecule has 2 aromatic carbocycles. The molecule has 1 saturated heterocycles. The van der Waals surface area contributed by atoms with Gasteiger partial charge in [-0.2, -0.15) is 0 Å². The number of carbonyl (C=O) groups excluding carboxylic acids is 1. The van der Waals surface area contributed by atoms with Crippen molar-refractivity contribution in [3.05, 3.63) is 95.7 Å². The summed E-state index contributed by atoms with van der Waals surface area (Å²) in [6.07, 6.45) is 2.38. The van der Waals surface area contributed by atoms with Gasteiger partial charge in [0, 0.05) is 39.0 Å². The third kappa shape index (κ3) is 5.72. The van der Waals surface area contributed by atoms with E-state index in [1.807, 2.05) is 36.4 Å². The van der Waals surface area contributed by atoms with E-state index in [2.05, 4.69) is 56.9 Å². The van der Waals surface area contributed by atoms with E-state index in [1.54, 1.807) is 13.3 Å². The number of piperazine rings is 1. The van der Waals surface area contributed by atoms with Crippen LogP contribution < -0.4 is 15.5 Å². The molecule has 0 bridgehead atoms. The van der Waals surface area contributed by atoms with Crippen LogP contribution in [0, 0.1) is 0 Å². The van der Waals surface area contributed by atoms with Crippen molar-refractivity contribution < 1.29 is 9.53 Å². The lowest BCUT2D eigenvalue weighted by Gasteiger charge is -2.34. The monoisotopic (exact) mass is 430 g/mol. The maximum atomic E-state index is 12.8. The maximum Gasteiger partial charge on any atom is 0.253 e. The SMILES string of the molecule is COC[C@H](Cc1ccccc1)NC(=O)c1ccc(N2CCNC(c3ccccc3)C2)nc1. The molecule has 2 atom stereocenters. The molecular weight excluding hydrogens is 400 g/mol. The van der Waals surface area contributed by atoms with Crippen LogP contribution in [0.25, 0.3) is 0 Å². The van der Waals surface area contributed by atoms with E-state index >= 15 is 0 Å². The predicted octanol–water partition coefficient (Wildman–Crippen LogP) is 3.22. The van der Waals surface area contributed by atoms with Crippen LogP contribution in [-0.4, -0.2) is 50.3 Å². The summed E-state index contributed by atoms with van der Waals surface area (Å²) in [5.74, 6) is 0.756.